The first-order valence-electron chi connectivity index (χ1n) is 7.97. The normalized spacial score (nSPS) is 10.5. The number of hydrogen-bond acceptors (Lipinski definition) is 5. The summed E-state index contributed by atoms with van der Waals surface area (Å²) in [5.74, 6) is 1.63. The summed E-state index contributed by atoms with van der Waals surface area (Å²) in [5, 5.41) is 7.75. The lowest BCUT2D eigenvalue weighted by Crippen LogP contribution is -2.24. The molecule has 2 N–H and O–H groups in total. The zero-order chi connectivity index (χ0) is 19.1. The van der Waals surface area contributed by atoms with Gasteiger partial charge in [-0.2, -0.15) is 5.10 Å². The van der Waals surface area contributed by atoms with Crippen LogP contribution in [0, 0.1) is 13.8 Å². The quantitative estimate of drug-likeness (QED) is 0.458. The number of benzene rings is 2. The molecule has 2 aromatic carbocycles. The van der Waals surface area contributed by atoms with E-state index in [9.17, 15) is 0 Å². The Bertz CT molecular complexity index is 802. The molecule has 0 amide bonds. The molecule has 0 aliphatic heterocycles. The van der Waals surface area contributed by atoms with Gasteiger partial charge in [-0.1, -0.05) is 18.2 Å². The zero-order valence-corrected chi connectivity index (χ0v) is 16.4. The lowest BCUT2D eigenvalue weighted by molar-refractivity contribution is 0.324. The molecule has 0 bridgehead atoms. The molecule has 2 aromatic rings. The van der Waals surface area contributed by atoms with Gasteiger partial charge >= 0.3 is 0 Å². The summed E-state index contributed by atoms with van der Waals surface area (Å²) in [6, 6.07) is 9.67. The van der Waals surface area contributed by atoms with Crippen LogP contribution < -0.4 is 25.0 Å². The summed E-state index contributed by atoms with van der Waals surface area (Å²) in [6.07, 6.45) is 1.61. The summed E-state index contributed by atoms with van der Waals surface area (Å²) in [4.78, 5) is 0. The number of nitrogens with one attached hydrogen (secondary N) is 2. The molecule has 0 aliphatic rings. The SMILES string of the molecule is COc1ccc(/C=N/NC(=S)Nc2c(C)cccc2C)c(OC)c1OC. The van der Waals surface area contributed by atoms with Gasteiger partial charge in [0.25, 0.3) is 0 Å². The van der Waals surface area contributed by atoms with Gasteiger partial charge in [0.2, 0.25) is 5.75 Å². The van der Waals surface area contributed by atoms with Crippen LogP contribution in [-0.2, 0) is 0 Å². The molecule has 0 saturated carbocycles. The summed E-state index contributed by atoms with van der Waals surface area (Å²) in [6.45, 7) is 4.05. The highest BCUT2D eigenvalue weighted by Crippen LogP contribution is 2.38. The first-order valence-corrected chi connectivity index (χ1v) is 8.37. The molecule has 0 radical (unpaired) electrons. The maximum Gasteiger partial charge on any atom is 0.203 e. The van der Waals surface area contributed by atoms with Crippen molar-refractivity contribution >= 4 is 29.2 Å². The number of nitrogens with zero attached hydrogens (tertiary/aromatic N) is 1. The van der Waals surface area contributed by atoms with Crippen LogP contribution in [0.25, 0.3) is 0 Å². The highest BCUT2D eigenvalue weighted by atomic mass is 32.1. The monoisotopic (exact) mass is 373 g/mol. The van der Waals surface area contributed by atoms with Gasteiger partial charge in [0.1, 0.15) is 0 Å². The van der Waals surface area contributed by atoms with Gasteiger partial charge in [-0.05, 0) is 49.3 Å². The van der Waals surface area contributed by atoms with Crippen molar-refractivity contribution in [3.8, 4) is 17.2 Å². The van der Waals surface area contributed by atoms with Crippen molar-refractivity contribution < 1.29 is 14.2 Å². The fourth-order valence-corrected chi connectivity index (χ4v) is 2.69. The second kappa shape index (κ2) is 9.05. The van der Waals surface area contributed by atoms with Crippen LogP contribution in [0.1, 0.15) is 16.7 Å². The topological polar surface area (TPSA) is 64.1 Å². The first-order chi connectivity index (χ1) is 12.5. The minimum Gasteiger partial charge on any atom is -0.493 e. The zero-order valence-electron chi connectivity index (χ0n) is 15.5. The third-order valence-corrected chi connectivity index (χ3v) is 4.02. The highest BCUT2D eigenvalue weighted by molar-refractivity contribution is 7.80. The van der Waals surface area contributed by atoms with E-state index in [2.05, 4.69) is 15.8 Å². The third kappa shape index (κ3) is 4.43. The lowest BCUT2D eigenvalue weighted by atomic mass is 10.1. The molecule has 6 nitrogen and oxygen atoms in total. The van der Waals surface area contributed by atoms with E-state index < -0.39 is 0 Å². The number of anilines is 1. The first kappa shape index (κ1) is 19.5. The smallest absolute Gasteiger partial charge is 0.203 e. The van der Waals surface area contributed by atoms with Crippen molar-refractivity contribution in [2.75, 3.05) is 26.6 Å². The summed E-state index contributed by atoms with van der Waals surface area (Å²) >= 11 is 5.31. The Hall–Kier alpha value is -2.80. The minimum absolute atomic E-state index is 0.401. The van der Waals surface area contributed by atoms with E-state index in [1.165, 1.54) is 0 Å². The molecule has 0 saturated heterocycles. The van der Waals surface area contributed by atoms with E-state index in [1.807, 2.05) is 38.1 Å². The Morgan fingerprint density at radius 2 is 1.62 bits per heavy atom. The average Bonchev–Trinajstić information content (AvgIpc) is 2.64. The van der Waals surface area contributed by atoms with E-state index in [-0.39, 0.29) is 0 Å². The Morgan fingerprint density at radius 3 is 2.19 bits per heavy atom. The van der Waals surface area contributed by atoms with Crippen LogP contribution in [0.5, 0.6) is 17.2 Å². The molecule has 26 heavy (non-hydrogen) atoms. The molecule has 0 unspecified atom stereocenters. The summed E-state index contributed by atoms with van der Waals surface area (Å²) < 4.78 is 16.1. The standard InChI is InChI=1S/C19H23N3O3S/c1-12-7-6-8-13(2)16(12)21-19(26)22-20-11-14-9-10-15(23-3)18(25-5)17(14)24-4/h6-11H,1-5H3,(H2,21,22,26)/b20-11+. The van der Waals surface area contributed by atoms with Crippen molar-refractivity contribution in [2.45, 2.75) is 13.8 Å². The van der Waals surface area contributed by atoms with Gasteiger partial charge in [-0.3, -0.25) is 5.43 Å². The van der Waals surface area contributed by atoms with Crippen molar-refractivity contribution in [3.63, 3.8) is 0 Å². The Labute approximate surface area is 159 Å². The molecule has 0 aromatic heterocycles. The lowest BCUT2D eigenvalue weighted by Gasteiger charge is -2.14. The number of methoxy groups -OCH3 is 3. The van der Waals surface area contributed by atoms with Crippen molar-refractivity contribution in [1.82, 2.24) is 5.43 Å². The Morgan fingerprint density at radius 1 is 0.962 bits per heavy atom. The molecule has 2 rings (SSSR count). The number of hydrazone groups is 1. The fourth-order valence-electron chi connectivity index (χ4n) is 2.54. The van der Waals surface area contributed by atoms with Gasteiger partial charge < -0.3 is 19.5 Å². The molecule has 0 atom stereocenters. The predicted octanol–water partition coefficient (Wildman–Crippen LogP) is 3.65. The molecule has 7 heteroatoms. The van der Waals surface area contributed by atoms with Crippen molar-refractivity contribution in [2.24, 2.45) is 5.10 Å². The maximum atomic E-state index is 5.42. The molecular weight excluding hydrogens is 350 g/mol. The Kier molecular flexibility index (Phi) is 6.80. The second-order valence-corrected chi connectivity index (χ2v) is 5.92. The van der Waals surface area contributed by atoms with Crippen molar-refractivity contribution in [1.29, 1.82) is 0 Å². The van der Waals surface area contributed by atoms with Gasteiger partial charge in [-0.15, -0.1) is 0 Å². The third-order valence-electron chi connectivity index (χ3n) is 3.82. The van der Waals surface area contributed by atoms with Gasteiger partial charge in [0.05, 0.1) is 27.5 Å². The second-order valence-electron chi connectivity index (χ2n) is 5.51. The largest absolute Gasteiger partial charge is 0.493 e. The number of aryl methyl sites for hydroxylation is 2. The molecule has 0 aliphatic carbocycles. The van der Waals surface area contributed by atoms with Crippen LogP contribution in [0.2, 0.25) is 0 Å². The predicted molar refractivity (Wildman–Crippen MR) is 109 cm³/mol. The van der Waals surface area contributed by atoms with Crippen LogP contribution in [-0.4, -0.2) is 32.7 Å². The Balaban J connectivity index is 2.12. The van der Waals surface area contributed by atoms with E-state index in [0.29, 0.717) is 22.4 Å². The van der Waals surface area contributed by atoms with Gasteiger partial charge in [0.15, 0.2) is 16.6 Å². The number of hydrogen-bond donors (Lipinski definition) is 2. The van der Waals surface area contributed by atoms with E-state index in [4.69, 9.17) is 26.4 Å². The maximum absolute atomic E-state index is 5.42. The summed E-state index contributed by atoms with van der Waals surface area (Å²) in [7, 11) is 4.70. The fraction of sp³-hybridized carbons (Fsp3) is 0.263. The average molecular weight is 373 g/mol. The molecule has 0 spiro atoms. The van der Waals surface area contributed by atoms with Crippen LogP contribution >= 0.6 is 12.2 Å². The number of rotatable bonds is 6. The minimum atomic E-state index is 0.401. The number of thiocarbonyl (C=S) groups is 1. The molecular formula is C19H23N3O3S. The highest BCUT2D eigenvalue weighted by Gasteiger charge is 2.14. The van der Waals surface area contributed by atoms with E-state index in [0.717, 1.165) is 22.4 Å². The van der Waals surface area contributed by atoms with Gasteiger partial charge in [0, 0.05) is 11.3 Å². The van der Waals surface area contributed by atoms with Gasteiger partial charge in [-0.25, -0.2) is 0 Å². The number of para-hydroxylation sites is 1. The molecule has 138 valence electrons. The number of ether oxygens (including phenoxy) is 3. The molecule has 0 heterocycles. The van der Waals surface area contributed by atoms with Crippen LogP contribution in [0.15, 0.2) is 35.4 Å². The van der Waals surface area contributed by atoms with E-state index in [1.54, 1.807) is 33.6 Å². The van der Waals surface area contributed by atoms with E-state index >= 15 is 0 Å². The van der Waals surface area contributed by atoms with Crippen LogP contribution in [0.3, 0.4) is 0 Å². The van der Waals surface area contributed by atoms with Crippen LogP contribution in [0.4, 0.5) is 5.69 Å². The molecule has 0 fully saturated rings. The van der Waals surface area contributed by atoms with Crippen molar-refractivity contribution in [3.05, 3.63) is 47.0 Å². The summed E-state index contributed by atoms with van der Waals surface area (Å²) in [5.41, 5.74) is 6.74.